The third-order valence-corrected chi connectivity index (χ3v) is 2.70. The van der Waals surface area contributed by atoms with Crippen molar-refractivity contribution in [2.45, 2.75) is 6.42 Å². The van der Waals surface area contributed by atoms with Gasteiger partial charge in [-0.3, -0.25) is 0 Å². The van der Waals surface area contributed by atoms with Gasteiger partial charge in [-0.2, -0.15) is 5.26 Å². The van der Waals surface area contributed by atoms with Gasteiger partial charge < -0.3 is 15.2 Å². The number of ether oxygens (including phenoxy) is 2. The molecule has 4 nitrogen and oxygen atoms in total. The normalized spacial score (nSPS) is 9.75. The van der Waals surface area contributed by atoms with Gasteiger partial charge in [0.25, 0.3) is 0 Å². The van der Waals surface area contributed by atoms with Crippen molar-refractivity contribution in [3.63, 3.8) is 0 Å². The van der Waals surface area contributed by atoms with Crippen molar-refractivity contribution in [1.29, 1.82) is 5.26 Å². The minimum absolute atomic E-state index is 0.508. The fourth-order valence-corrected chi connectivity index (χ4v) is 1.68. The van der Waals surface area contributed by atoms with Crippen LogP contribution in [0, 0.1) is 11.3 Å². The second-order valence-corrected chi connectivity index (χ2v) is 4.23. The van der Waals surface area contributed by atoms with Crippen LogP contribution in [0.1, 0.15) is 12.0 Å². The van der Waals surface area contributed by atoms with Gasteiger partial charge in [0.2, 0.25) is 0 Å². The van der Waals surface area contributed by atoms with Crippen molar-refractivity contribution in [3.8, 4) is 17.6 Å². The number of nitrogen functional groups attached to an aromatic ring is 1. The maximum Gasteiger partial charge on any atom is 0.137 e. The van der Waals surface area contributed by atoms with E-state index in [1.54, 1.807) is 24.3 Å². The molecule has 0 aliphatic heterocycles. The van der Waals surface area contributed by atoms with Crippen LogP contribution in [0.15, 0.2) is 48.5 Å². The first-order chi connectivity index (χ1) is 9.79. The zero-order chi connectivity index (χ0) is 14.2. The van der Waals surface area contributed by atoms with E-state index in [1.807, 2.05) is 24.3 Å². The molecule has 20 heavy (non-hydrogen) atoms. The summed E-state index contributed by atoms with van der Waals surface area (Å²) in [5.74, 6) is 1.40. The van der Waals surface area contributed by atoms with Crippen molar-refractivity contribution in [3.05, 3.63) is 54.1 Å². The van der Waals surface area contributed by atoms with Gasteiger partial charge in [0.15, 0.2) is 0 Å². The average molecular weight is 268 g/mol. The summed E-state index contributed by atoms with van der Waals surface area (Å²) in [6.07, 6.45) is 0.740. The van der Waals surface area contributed by atoms with Crippen LogP contribution in [-0.4, -0.2) is 13.2 Å². The minimum atomic E-state index is 0.508. The Kier molecular flexibility index (Phi) is 4.85. The van der Waals surface area contributed by atoms with Gasteiger partial charge in [-0.15, -0.1) is 0 Å². The molecule has 0 unspecified atom stereocenters. The summed E-state index contributed by atoms with van der Waals surface area (Å²) >= 11 is 0. The van der Waals surface area contributed by atoms with E-state index in [9.17, 15) is 0 Å². The molecule has 0 amide bonds. The molecule has 0 spiro atoms. The van der Waals surface area contributed by atoms with Crippen LogP contribution in [-0.2, 0) is 0 Å². The summed E-state index contributed by atoms with van der Waals surface area (Å²) in [6.45, 7) is 1.06. The molecule has 0 aliphatic carbocycles. The highest BCUT2D eigenvalue weighted by atomic mass is 16.5. The third kappa shape index (κ3) is 3.92. The van der Waals surface area contributed by atoms with Crippen molar-refractivity contribution in [2.75, 3.05) is 18.9 Å². The lowest BCUT2D eigenvalue weighted by atomic mass is 10.2. The van der Waals surface area contributed by atoms with Crippen molar-refractivity contribution < 1.29 is 9.47 Å². The molecule has 2 aromatic carbocycles. The van der Waals surface area contributed by atoms with E-state index in [1.165, 1.54) is 0 Å². The minimum Gasteiger partial charge on any atom is -0.493 e. The number of nitriles is 1. The molecule has 0 aromatic heterocycles. The van der Waals surface area contributed by atoms with Crippen molar-refractivity contribution in [1.82, 2.24) is 0 Å². The summed E-state index contributed by atoms with van der Waals surface area (Å²) in [7, 11) is 0. The first kappa shape index (κ1) is 13.8. The van der Waals surface area contributed by atoms with Crippen LogP contribution in [0.5, 0.6) is 11.5 Å². The quantitative estimate of drug-likeness (QED) is 0.646. The lowest BCUT2D eigenvalue weighted by molar-refractivity contribution is 0.247. The van der Waals surface area contributed by atoms with Gasteiger partial charge in [-0.25, -0.2) is 0 Å². The number of benzene rings is 2. The number of para-hydroxylation sites is 1. The third-order valence-electron chi connectivity index (χ3n) is 2.70. The fourth-order valence-electron chi connectivity index (χ4n) is 1.68. The predicted octanol–water partition coefficient (Wildman–Crippen LogP) is 2.99. The monoisotopic (exact) mass is 268 g/mol. The van der Waals surface area contributed by atoms with Crippen LogP contribution in [0.3, 0.4) is 0 Å². The molecule has 0 fully saturated rings. The highest BCUT2D eigenvalue weighted by Gasteiger charge is 2.01. The van der Waals surface area contributed by atoms with E-state index < -0.39 is 0 Å². The zero-order valence-electron chi connectivity index (χ0n) is 11.1. The van der Waals surface area contributed by atoms with Gasteiger partial charge in [-0.1, -0.05) is 12.1 Å². The van der Waals surface area contributed by atoms with Crippen molar-refractivity contribution in [2.24, 2.45) is 0 Å². The van der Waals surface area contributed by atoms with Gasteiger partial charge in [0, 0.05) is 12.1 Å². The topological polar surface area (TPSA) is 68.3 Å². The summed E-state index contributed by atoms with van der Waals surface area (Å²) in [6, 6.07) is 16.6. The Morgan fingerprint density at radius 1 is 0.950 bits per heavy atom. The highest BCUT2D eigenvalue weighted by Crippen LogP contribution is 2.17. The molecule has 0 heterocycles. The van der Waals surface area contributed by atoms with Gasteiger partial charge >= 0.3 is 0 Å². The molecule has 2 aromatic rings. The van der Waals surface area contributed by atoms with E-state index in [2.05, 4.69) is 6.07 Å². The Hall–Kier alpha value is -2.67. The molecular weight excluding hydrogens is 252 g/mol. The Morgan fingerprint density at radius 2 is 1.65 bits per heavy atom. The maximum atomic E-state index is 8.93. The molecule has 2 rings (SSSR count). The van der Waals surface area contributed by atoms with E-state index in [4.69, 9.17) is 20.5 Å². The van der Waals surface area contributed by atoms with Gasteiger partial charge in [0.1, 0.15) is 17.6 Å². The van der Waals surface area contributed by atoms with E-state index in [0.29, 0.717) is 30.2 Å². The van der Waals surface area contributed by atoms with E-state index in [0.717, 1.165) is 12.2 Å². The smallest absolute Gasteiger partial charge is 0.137 e. The lowest BCUT2D eigenvalue weighted by Gasteiger charge is -2.09. The Bertz CT molecular complexity index is 588. The van der Waals surface area contributed by atoms with Crippen LogP contribution in [0.2, 0.25) is 0 Å². The summed E-state index contributed by atoms with van der Waals surface area (Å²) in [5, 5.41) is 8.93. The molecule has 0 radical (unpaired) electrons. The zero-order valence-corrected chi connectivity index (χ0v) is 11.1. The Labute approximate surface area is 118 Å². The standard InChI is InChI=1S/C16H16N2O2/c17-12-13-4-1-2-5-16(13)20-11-3-10-19-15-8-6-14(18)7-9-15/h1-2,4-9H,3,10-11,18H2. The highest BCUT2D eigenvalue weighted by molar-refractivity contribution is 5.42. The number of nitrogens with zero attached hydrogens (tertiary/aromatic N) is 1. The summed E-state index contributed by atoms with van der Waals surface area (Å²) < 4.78 is 11.1. The maximum absolute atomic E-state index is 8.93. The van der Waals surface area contributed by atoms with Crippen LogP contribution in [0.25, 0.3) is 0 Å². The number of anilines is 1. The first-order valence-electron chi connectivity index (χ1n) is 6.40. The summed E-state index contributed by atoms with van der Waals surface area (Å²) in [4.78, 5) is 0. The van der Waals surface area contributed by atoms with E-state index >= 15 is 0 Å². The molecule has 4 heteroatoms. The number of rotatable bonds is 6. The number of hydrogen-bond acceptors (Lipinski definition) is 4. The second kappa shape index (κ2) is 7.05. The molecule has 0 aliphatic rings. The predicted molar refractivity (Wildman–Crippen MR) is 77.6 cm³/mol. The van der Waals surface area contributed by atoms with Crippen LogP contribution in [0.4, 0.5) is 5.69 Å². The molecule has 0 saturated heterocycles. The fraction of sp³-hybridized carbons (Fsp3) is 0.188. The Morgan fingerprint density at radius 3 is 2.40 bits per heavy atom. The number of nitrogens with two attached hydrogens (primary N) is 1. The van der Waals surface area contributed by atoms with Crippen LogP contribution >= 0.6 is 0 Å². The molecule has 0 saturated carbocycles. The molecule has 0 bridgehead atoms. The van der Waals surface area contributed by atoms with Crippen molar-refractivity contribution >= 4 is 5.69 Å². The Balaban J connectivity index is 1.72. The lowest BCUT2D eigenvalue weighted by Crippen LogP contribution is -2.05. The first-order valence-corrected chi connectivity index (χ1v) is 6.40. The van der Waals surface area contributed by atoms with Gasteiger partial charge in [-0.05, 0) is 36.4 Å². The average Bonchev–Trinajstić information content (AvgIpc) is 2.49. The molecule has 2 N–H and O–H groups in total. The summed E-state index contributed by atoms with van der Waals surface area (Å²) in [5.41, 5.74) is 6.86. The molecular formula is C16H16N2O2. The molecule has 102 valence electrons. The molecule has 0 atom stereocenters. The van der Waals surface area contributed by atoms with Gasteiger partial charge in [0.05, 0.1) is 18.8 Å². The van der Waals surface area contributed by atoms with E-state index in [-0.39, 0.29) is 0 Å². The largest absolute Gasteiger partial charge is 0.493 e. The second-order valence-electron chi connectivity index (χ2n) is 4.23. The van der Waals surface area contributed by atoms with Crippen LogP contribution < -0.4 is 15.2 Å². The number of hydrogen-bond donors (Lipinski definition) is 1. The SMILES string of the molecule is N#Cc1ccccc1OCCCOc1ccc(N)cc1.